The number of hydrogen-bond acceptors (Lipinski definition) is 3. The van der Waals surface area contributed by atoms with E-state index in [0.717, 1.165) is 17.4 Å². The van der Waals surface area contributed by atoms with Crippen LogP contribution in [0.4, 0.5) is 5.69 Å². The molecule has 5 heteroatoms. The Balaban J connectivity index is 1.69. The fourth-order valence-electron chi connectivity index (χ4n) is 3.40. The minimum atomic E-state index is -0.0487. The van der Waals surface area contributed by atoms with Gasteiger partial charge in [-0.05, 0) is 44.0 Å². The molecule has 1 aromatic carbocycles. The number of carbonyl (C=O) groups is 1. The van der Waals surface area contributed by atoms with Crippen LogP contribution in [0.5, 0.6) is 0 Å². The second kappa shape index (κ2) is 5.74. The van der Waals surface area contributed by atoms with E-state index in [-0.39, 0.29) is 11.9 Å². The SMILES string of the molecule is Nc1cc(Br)ccc1C(=O)NC1CCN2CCCCC12. The van der Waals surface area contributed by atoms with Gasteiger partial charge in [0.1, 0.15) is 0 Å². The summed E-state index contributed by atoms with van der Waals surface area (Å²) in [5.41, 5.74) is 7.02. The topological polar surface area (TPSA) is 58.4 Å². The summed E-state index contributed by atoms with van der Waals surface area (Å²) in [6.07, 6.45) is 4.80. The highest BCUT2D eigenvalue weighted by molar-refractivity contribution is 9.10. The number of carbonyl (C=O) groups excluding carboxylic acids is 1. The maximum absolute atomic E-state index is 12.4. The Morgan fingerprint density at radius 1 is 1.30 bits per heavy atom. The van der Waals surface area contributed by atoms with Crippen LogP contribution < -0.4 is 11.1 Å². The van der Waals surface area contributed by atoms with Crippen molar-refractivity contribution in [1.82, 2.24) is 10.2 Å². The van der Waals surface area contributed by atoms with Crippen molar-refractivity contribution in [2.24, 2.45) is 0 Å². The third-order valence-electron chi connectivity index (χ3n) is 4.43. The standard InChI is InChI=1S/C15H20BrN3O/c16-10-4-5-11(12(17)9-10)15(20)18-13-6-8-19-7-2-1-3-14(13)19/h4-5,9,13-14H,1-3,6-8,17H2,(H,18,20). The lowest BCUT2D eigenvalue weighted by molar-refractivity contribution is 0.0916. The minimum absolute atomic E-state index is 0.0487. The summed E-state index contributed by atoms with van der Waals surface area (Å²) < 4.78 is 0.894. The lowest BCUT2D eigenvalue weighted by Gasteiger charge is -2.32. The van der Waals surface area contributed by atoms with Gasteiger partial charge in [0.2, 0.25) is 0 Å². The Morgan fingerprint density at radius 3 is 2.95 bits per heavy atom. The molecule has 2 heterocycles. The number of rotatable bonds is 2. The Kier molecular flexibility index (Phi) is 3.98. The van der Waals surface area contributed by atoms with Crippen molar-refractivity contribution in [2.45, 2.75) is 37.8 Å². The molecule has 0 aromatic heterocycles. The number of piperidine rings is 1. The number of amides is 1. The van der Waals surface area contributed by atoms with Gasteiger partial charge >= 0.3 is 0 Å². The summed E-state index contributed by atoms with van der Waals surface area (Å²) >= 11 is 3.36. The van der Waals surface area contributed by atoms with Crippen LogP contribution in [0, 0.1) is 0 Å². The molecule has 1 aromatic rings. The zero-order valence-electron chi connectivity index (χ0n) is 11.4. The van der Waals surface area contributed by atoms with Crippen molar-refractivity contribution >= 4 is 27.5 Å². The largest absolute Gasteiger partial charge is 0.398 e. The first kappa shape index (κ1) is 13.9. The number of anilines is 1. The summed E-state index contributed by atoms with van der Waals surface area (Å²) in [6.45, 7) is 2.28. The molecule has 2 unspecified atom stereocenters. The highest BCUT2D eigenvalue weighted by Crippen LogP contribution is 2.27. The van der Waals surface area contributed by atoms with Crippen LogP contribution in [0.25, 0.3) is 0 Å². The van der Waals surface area contributed by atoms with E-state index in [1.54, 1.807) is 12.1 Å². The summed E-state index contributed by atoms with van der Waals surface area (Å²) in [5, 5.41) is 3.18. The Morgan fingerprint density at radius 2 is 2.15 bits per heavy atom. The number of halogens is 1. The third kappa shape index (κ3) is 2.69. The maximum atomic E-state index is 12.4. The van der Waals surface area contributed by atoms with Crippen molar-refractivity contribution in [2.75, 3.05) is 18.8 Å². The van der Waals surface area contributed by atoms with Crippen LogP contribution in [0.3, 0.4) is 0 Å². The molecular formula is C15H20BrN3O. The Hall–Kier alpha value is -1.07. The first-order valence-electron chi connectivity index (χ1n) is 7.25. The van der Waals surface area contributed by atoms with Crippen LogP contribution in [0.1, 0.15) is 36.0 Å². The molecule has 1 amide bonds. The molecule has 3 rings (SSSR count). The van der Waals surface area contributed by atoms with Crippen LogP contribution in [-0.4, -0.2) is 36.0 Å². The normalized spacial score (nSPS) is 26.2. The molecule has 2 aliphatic rings. The predicted molar refractivity (Wildman–Crippen MR) is 83.6 cm³/mol. The minimum Gasteiger partial charge on any atom is -0.398 e. The number of fused-ring (bicyclic) bond motifs is 1. The average Bonchev–Trinajstić information content (AvgIpc) is 2.82. The number of benzene rings is 1. The monoisotopic (exact) mass is 337 g/mol. The lowest BCUT2D eigenvalue weighted by atomic mass is 9.98. The molecular weight excluding hydrogens is 318 g/mol. The van der Waals surface area contributed by atoms with Gasteiger partial charge in [-0.1, -0.05) is 22.4 Å². The third-order valence-corrected chi connectivity index (χ3v) is 4.92. The highest BCUT2D eigenvalue weighted by Gasteiger charge is 2.36. The van der Waals surface area contributed by atoms with E-state index in [1.807, 2.05) is 6.07 Å². The quantitative estimate of drug-likeness (QED) is 0.814. The molecule has 0 saturated carbocycles. The molecule has 2 saturated heterocycles. The predicted octanol–water partition coefficient (Wildman–Crippen LogP) is 2.39. The van der Waals surface area contributed by atoms with E-state index < -0.39 is 0 Å². The summed E-state index contributed by atoms with van der Waals surface area (Å²) in [5.74, 6) is -0.0487. The number of nitrogen functional groups attached to an aromatic ring is 1. The van der Waals surface area contributed by atoms with Crippen LogP contribution >= 0.6 is 15.9 Å². The second-order valence-electron chi connectivity index (χ2n) is 5.70. The molecule has 4 nitrogen and oxygen atoms in total. The molecule has 2 fully saturated rings. The van der Waals surface area contributed by atoms with Crippen LogP contribution in [0.2, 0.25) is 0 Å². The van der Waals surface area contributed by atoms with Gasteiger partial charge < -0.3 is 11.1 Å². The van der Waals surface area contributed by atoms with Crippen molar-refractivity contribution in [3.8, 4) is 0 Å². The fourth-order valence-corrected chi connectivity index (χ4v) is 3.78. The van der Waals surface area contributed by atoms with Gasteiger partial charge in [0, 0.05) is 28.8 Å². The zero-order valence-corrected chi connectivity index (χ0v) is 13.0. The number of nitrogens with zero attached hydrogens (tertiary/aromatic N) is 1. The molecule has 3 N–H and O–H groups in total. The van der Waals surface area contributed by atoms with E-state index in [1.165, 1.54) is 25.8 Å². The van der Waals surface area contributed by atoms with Gasteiger partial charge in [-0.25, -0.2) is 0 Å². The van der Waals surface area contributed by atoms with E-state index in [2.05, 4.69) is 26.1 Å². The first-order valence-corrected chi connectivity index (χ1v) is 8.04. The van der Waals surface area contributed by atoms with Gasteiger partial charge in [0.25, 0.3) is 5.91 Å². The smallest absolute Gasteiger partial charge is 0.253 e. The van der Waals surface area contributed by atoms with E-state index in [4.69, 9.17) is 5.73 Å². The van der Waals surface area contributed by atoms with Crippen molar-refractivity contribution in [3.63, 3.8) is 0 Å². The van der Waals surface area contributed by atoms with Crippen molar-refractivity contribution in [1.29, 1.82) is 0 Å². The number of nitrogens with one attached hydrogen (secondary N) is 1. The second-order valence-corrected chi connectivity index (χ2v) is 6.61. The summed E-state index contributed by atoms with van der Waals surface area (Å²) in [6, 6.07) is 6.20. The molecule has 2 atom stereocenters. The summed E-state index contributed by atoms with van der Waals surface area (Å²) in [7, 11) is 0. The van der Waals surface area contributed by atoms with Gasteiger partial charge in [0.15, 0.2) is 0 Å². The van der Waals surface area contributed by atoms with E-state index in [9.17, 15) is 4.79 Å². The molecule has 0 aliphatic carbocycles. The Labute approximate surface area is 127 Å². The number of nitrogens with two attached hydrogens (primary N) is 1. The molecule has 0 radical (unpaired) electrons. The van der Waals surface area contributed by atoms with Gasteiger partial charge in [-0.15, -0.1) is 0 Å². The molecule has 20 heavy (non-hydrogen) atoms. The van der Waals surface area contributed by atoms with Gasteiger partial charge in [-0.3, -0.25) is 9.69 Å². The molecule has 108 valence electrons. The maximum Gasteiger partial charge on any atom is 0.253 e. The van der Waals surface area contributed by atoms with Crippen molar-refractivity contribution < 1.29 is 4.79 Å². The number of hydrogen-bond donors (Lipinski definition) is 2. The van der Waals surface area contributed by atoms with E-state index >= 15 is 0 Å². The molecule has 0 spiro atoms. The summed E-state index contributed by atoms with van der Waals surface area (Å²) in [4.78, 5) is 14.9. The molecule has 2 aliphatic heterocycles. The van der Waals surface area contributed by atoms with Gasteiger partial charge in [0.05, 0.1) is 5.56 Å². The average molecular weight is 338 g/mol. The van der Waals surface area contributed by atoms with Crippen molar-refractivity contribution in [3.05, 3.63) is 28.2 Å². The molecule has 0 bridgehead atoms. The van der Waals surface area contributed by atoms with Crippen LogP contribution in [0.15, 0.2) is 22.7 Å². The highest BCUT2D eigenvalue weighted by atomic mass is 79.9. The fraction of sp³-hybridized carbons (Fsp3) is 0.533. The van der Waals surface area contributed by atoms with Crippen LogP contribution in [-0.2, 0) is 0 Å². The van der Waals surface area contributed by atoms with Gasteiger partial charge in [-0.2, -0.15) is 0 Å². The first-order chi connectivity index (χ1) is 9.65. The Bertz CT molecular complexity index is 520. The van der Waals surface area contributed by atoms with E-state index in [0.29, 0.717) is 17.3 Å². The zero-order chi connectivity index (χ0) is 14.1. The lowest BCUT2D eigenvalue weighted by Crippen LogP contribution is -2.46.